The van der Waals surface area contributed by atoms with Gasteiger partial charge in [0, 0.05) is 29.8 Å². The molecular formula is C39H38O22. The number of esters is 1. The van der Waals surface area contributed by atoms with Crippen LogP contribution in [0.25, 0.3) is 28.4 Å². The molecule has 0 bridgehead atoms. The number of aliphatic hydroxyl groups excluding tert-OH is 4. The van der Waals surface area contributed by atoms with E-state index in [-0.39, 0.29) is 51.0 Å². The summed E-state index contributed by atoms with van der Waals surface area (Å²) >= 11 is 0. The lowest BCUT2D eigenvalue weighted by Gasteiger charge is -2.45. The van der Waals surface area contributed by atoms with Crippen molar-refractivity contribution in [1.29, 1.82) is 0 Å². The van der Waals surface area contributed by atoms with Crippen LogP contribution in [0.3, 0.4) is 0 Å². The summed E-state index contributed by atoms with van der Waals surface area (Å²) in [6.07, 6.45) is -20.0. The Kier molecular flexibility index (Phi) is 12.9. The van der Waals surface area contributed by atoms with Crippen molar-refractivity contribution < 1.29 is 103 Å². The zero-order valence-electron chi connectivity index (χ0n) is 31.9. The van der Waals surface area contributed by atoms with Crippen molar-refractivity contribution in [3.05, 3.63) is 70.4 Å². The number of hydrogen-bond acceptors (Lipinski definition) is 20. The van der Waals surface area contributed by atoms with Gasteiger partial charge in [-0.3, -0.25) is 4.79 Å². The van der Waals surface area contributed by atoms with Gasteiger partial charge in [-0.05, 0) is 35.9 Å². The molecular weight excluding hydrogens is 820 g/mol. The van der Waals surface area contributed by atoms with Crippen molar-refractivity contribution in [1.82, 2.24) is 0 Å². The molecule has 9 N–H and O–H groups in total. The van der Waals surface area contributed by atoms with E-state index in [4.69, 9.17) is 42.3 Å². The summed E-state index contributed by atoms with van der Waals surface area (Å²) in [7, 11) is 3.83. The summed E-state index contributed by atoms with van der Waals surface area (Å²) in [4.78, 5) is 50.4. The first-order chi connectivity index (χ1) is 28.9. The standard InChI is InChI=1S/C39H38O22/c1-53-21-8-14(4-6-17(21)40)5-7-25(43)58-34-30(47)28(45)33(37(51)52)60-39(34)61-35-31(48)29(46)32(36(49)50)59-38(35)56-16-11-18(41)26-19(42)13-20(57-22(26)12-16)15-9-23(54-2)27(44)24(10-15)55-3/h4-13,28-35,38-41,44-48H,1-3H3,(H,49,50)(H,51,52)/b7-5+/t28-,29-,30-,31-,32-,33-,34+,35+,38+,39-/m0/s1. The van der Waals surface area contributed by atoms with Gasteiger partial charge in [-0.1, -0.05) is 6.07 Å². The van der Waals surface area contributed by atoms with E-state index in [1.165, 1.54) is 57.7 Å². The Labute approximate surface area is 342 Å². The zero-order chi connectivity index (χ0) is 44.4. The van der Waals surface area contributed by atoms with Crippen molar-refractivity contribution in [2.75, 3.05) is 21.3 Å². The van der Waals surface area contributed by atoms with Crippen molar-refractivity contribution in [2.45, 2.75) is 61.4 Å². The highest BCUT2D eigenvalue weighted by Crippen LogP contribution is 2.41. The molecule has 2 saturated heterocycles. The summed E-state index contributed by atoms with van der Waals surface area (Å²) in [5.41, 5.74) is -0.582. The zero-order valence-corrected chi connectivity index (χ0v) is 31.9. The topological polar surface area (TPSA) is 337 Å². The summed E-state index contributed by atoms with van der Waals surface area (Å²) in [5.74, 6) is -6.68. The third-order valence-electron chi connectivity index (χ3n) is 9.54. The first-order valence-corrected chi connectivity index (χ1v) is 17.8. The summed E-state index contributed by atoms with van der Waals surface area (Å²) in [5, 5.41) is 93.9. The number of hydrogen-bond donors (Lipinski definition) is 9. The highest BCUT2D eigenvalue weighted by Gasteiger charge is 2.55. The first-order valence-electron chi connectivity index (χ1n) is 17.8. The Morgan fingerprint density at radius 2 is 1.28 bits per heavy atom. The second-order valence-corrected chi connectivity index (χ2v) is 13.4. The fraction of sp³-hybridized carbons (Fsp3) is 0.333. The Balaban J connectivity index is 1.34. The molecule has 0 amide bonds. The Morgan fingerprint density at radius 3 is 1.87 bits per heavy atom. The number of carbonyl (C=O) groups is 3. The van der Waals surface area contributed by atoms with Crippen LogP contribution in [-0.4, -0.2) is 147 Å². The van der Waals surface area contributed by atoms with Crippen LogP contribution in [0.15, 0.2) is 63.8 Å². The number of phenols is 3. The number of methoxy groups -OCH3 is 3. The fourth-order valence-corrected chi connectivity index (χ4v) is 6.47. The second-order valence-electron chi connectivity index (χ2n) is 13.4. The fourth-order valence-electron chi connectivity index (χ4n) is 6.47. The van der Waals surface area contributed by atoms with Crippen molar-refractivity contribution >= 4 is 35.0 Å². The van der Waals surface area contributed by atoms with Gasteiger partial charge < -0.3 is 88.3 Å². The Hall–Kier alpha value is -6.66. The maximum Gasteiger partial charge on any atom is 0.335 e. The average molecular weight is 859 g/mol. The molecule has 326 valence electrons. The van der Waals surface area contributed by atoms with Gasteiger partial charge in [-0.2, -0.15) is 0 Å². The maximum atomic E-state index is 13.2. The highest BCUT2D eigenvalue weighted by molar-refractivity contribution is 5.88. The predicted octanol–water partition coefficient (Wildman–Crippen LogP) is 0.0544. The van der Waals surface area contributed by atoms with Crippen LogP contribution in [-0.2, 0) is 33.3 Å². The van der Waals surface area contributed by atoms with E-state index in [1.807, 2.05) is 0 Å². The number of carbonyl (C=O) groups excluding carboxylic acids is 1. The molecule has 6 rings (SSSR count). The third-order valence-corrected chi connectivity index (χ3v) is 9.54. The van der Waals surface area contributed by atoms with Gasteiger partial charge >= 0.3 is 17.9 Å². The molecule has 1 aromatic heterocycles. The lowest BCUT2D eigenvalue weighted by Crippen LogP contribution is -2.66. The van der Waals surface area contributed by atoms with E-state index in [1.54, 1.807) is 0 Å². The number of aromatic hydroxyl groups is 3. The highest BCUT2D eigenvalue weighted by atomic mass is 16.8. The van der Waals surface area contributed by atoms with Crippen LogP contribution >= 0.6 is 0 Å². The molecule has 0 radical (unpaired) electrons. The van der Waals surface area contributed by atoms with Crippen LogP contribution in [0.1, 0.15) is 5.56 Å². The van der Waals surface area contributed by atoms with Crippen molar-refractivity contribution in [3.8, 4) is 51.6 Å². The molecule has 2 aliphatic heterocycles. The van der Waals surface area contributed by atoms with Gasteiger partial charge in [0.05, 0.1) is 21.3 Å². The van der Waals surface area contributed by atoms with E-state index in [0.717, 1.165) is 24.3 Å². The molecule has 3 heterocycles. The summed E-state index contributed by atoms with van der Waals surface area (Å²) in [6, 6.07) is 9.65. The minimum absolute atomic E-state index is 0.0477. The van der Waals surface area contributed by atoms with Gasteiger partial charge in [0.15, 0.2) is 59.1 Å². The molecule has 3 aromatic carbocycles. The van der Waals surface area contributed by atoms with Crippen LogP contribution in [0.4, 0.5) is 0 Å². The monoisotopic (exact) mass is 858 g/mol. The number of benzene rings is 3. The molecule has 22 nitrogen and oxygen atoms in total. The van der Waals surface area contributed by atoms with Crippen LogP contribution in [0.5, 0.6) is 40.2 Å². The van der Waals surface area contributed by atoms with Gasteiger partial charge in [0.1, 0.15) is 52.6 Å². The molecule has 10 atom stereocenters. The number of carboxylic acids is 2. The van der Waals surface area contributed by atoms with E-state index in [2.05, 4.69) is 0 Å². The number of rotatable bonds is 13. The number of fused-ring (bicyclic) bond motifs is 1. The number of aliphatic carboxylic acids is 2. The maximum absolute atomic E-state index is 13.2. The predicted molar refractivity (Wildman–Crippen MR) is 200 cm³/mol. The van der Waals surface area contributed by atoms with Gasteiger partial charge in [-0.15, -0.1) is 0 Å². The molecule has 61 heavy (non-hydrogen) atoms. The van der Waals surface area contributed by atoms with Gasteiger partial charge in [0.2, 0.25) is 12.0 Å². The number of phenolic OH excluding ortho intramolecular Hbond substituents is 3. The second kappa shape index (κ2) is 17.9. The first kappa shape index (κ1) is 43.9. The van der Waals surface area contributed by atoms with Crippen LogP contribution in [0.2, 0.25) is 0 Å². The van der Waals surface area contributed by atoms with Crippen LogP contribution < -0.4 is 24.4 Å². The van der Waals surface area contributed by atoms with Gasteiger partial charge in [0.25, 0.3) is 0 Å². The molecule has 0 aliphatic carbocycles. The number of ether oxygens (including phenoxy) is 8. The molecule has 2 fully saturated rings. The summed E-state index contributed by atoms with van der Waals surface area (Å²) in [6.45, 7) is 0. The SMILES string of the molecule is COc1cc(/C=C/C(=O)O[C@H]2[C@H](O[C@H]3[C@H](Oc4cc(O)c5c(=O)cc(-c6cc(OC)c(O)c(OC)c6)oc5c4)O[C@H](C(=O)O)[C@@H](O)[C@@H]3O)O[C@H](C(=O)O)[C@@H](O)[C@@H]2O)ccc1O. The molecule has 0 unspecified atom stereocenters. The van der Waals surface area contributed by atoms with E-state index >= 15 is 0 Å². The average Bonchev–Trinajstić information content (AvgIpc) is 3.22. The summed E-state index contributed by atoms with van der Waals surface area (Å²) < 4.78 is 49.0. The Bertz CT molecular complexity index is 2370. The number of aliphatic hydroxyl groups is 4. The van der Waals surface area contributed by atoms with E-state index < -0.39 is 96.2 Å². The van der Waals surface area contributed by atoms with Gasteiger partial charge in [-0.25, -0.2) is 14.4 Å². The largest absolute Gasteiger partial charge is 0.507 e. The van der Waals surface area contributed by atoms with Crippen LogP contribution in [0, 0.1) is 0 Å². The Morgan fingerprint density at radius 1 is 0.689 bits per heavy atom. The normalized spacial score (nSPS) is 26.4. The quantitative estimate of drug-likeness (QED) is 0.0634. The molecule has 22 heteroatoms. The van der Waals surface area contributed by atoms with Crippen molar-refractivity contribution in [2.24, 2.45) is 0 Å². The third kappa shape index (κ3) is 8.95. The smallest absolute Gasteiger partial charge is 0.335 e. The molecule has 0 saturated carbocycles. The van der Waals surface area contributed by atoms with Crippen molar-refractivity contribution in [3.63, 3.8) is 0 Å². The lowest BCUT2D eigenvalue weighted by molar-refractivity contribution is -0.350. The lowest BCUT2D eigenvalue weighted by atomic mass is 9.96. The molecule has 2 aliphatic rings. The number of carboxylic acid groups (broad SMARTS) is 2. The molecule has 0 spiro atoms. The minimum Gasteiger partial charge on any atom is -0.507 e. The minimum atomic E-state index is -2.28. The van der Waals surface area contributed by atoms with E-state index in [9.17, 15) is 65.1 Å². The van der Waals surface area contributed by atoms with E-state index in [0.29, 0.717) is 5.56 Å². The molecule has 4 aromatic rings.